The van der Waals surface area contributed by atoms with Crippen LogP contribution in [-0.2, 0) is 11.2 Å². The van der Waals surface area contributed by atoms with Crippen molar-refractivity contribution >= 4 is 28.7 Å². The quantitative estimate of drug-likeness (QED) is 0.224. The third kappa shape index (κ3) is 5.94. The van der Waals surface area contributed by atoms with Crippen molar-refractivity contribution in [3.05, 3.63) is 95.5 Å². The van der Waals surface area contributed by atoms with Crippen molar-refractivity contribution in [3.8, 4) is 33.2 Å². The summed E-state index contributed by atoms with van der Waals surface area (Å²) in [5, 5.41) is 5.67. The van der Waals surface area contributed by atoms with Crippen molar-refractivity contribution in [2.24, 2.45) is 5.73 Å². The zero-order chi connectivity index (χ0) is 31.8. The zero-order valence-electron chi connectivity index (χ0n) is 25.0. The molecule has 6 aromatic rings. The molecular formula is C33H30FN9O2S. The lowest BCUT2D eigenvalue weighted by atomic mass is 10.0. The molecule has 0 saturated carbocycles. The number of pyridine rings is 1. The van der Waals surface area contributed by atoms with Crippen molar-refractivity contribution in [2.75, 3.05) is 19.6 Å². The number of primary amides is 1. The molecule has 1 aliphatic heterocycles. The fraction of sp³-hybridized carbons (Fsp3) is 0.242. The van der Waals surface area contributed by atoms with E-state index in [9.17, 15) is 14.0 Å². The average Bonchev–Trinajstić information content (AvgIpc) is 3.78. The number of aromatic nitrogens is 7. The van der Waals surface area contributed by atoms with E-state index in [1.165, 1.54) is 23.5 Å². The molecule has 11 nitrogen and oxygen atoms in total. The monoisotopic (exact) mass is 635 g/mol. The number of hydrogen-bond acceptors (Lipinski definition) is 9. The van der Waals surface area contributed by atoms with Gasteiger partial charge in [0.1, 0.15) is 16.5 Å². The summed E-state index contributed by atoms with van der Waals surface area (Å²) in [5.41, 5.74) is 11.1. The first-order chi connectivity index (χ1) is 22.3. The van der Waals surface area contributed by atoms with Crippen molar-refractivity contribution in [1.82, 2.24) is 39.0 Å². The Morgan fingerprint density at radius 2 is 1.85 bits per heavy atom. The van der Waals surface area contributed by atoms with Crippen LogP contribution in [0.4, 0.5) is 4.39 Å². The molecule has 7 rings (SSSR count). The van der Waals surface area contributed by atoms with Gasteiger partial charge in [0.25, 0.3) is 0 Å². The topological polar surface area (TPSA) is 137 Å². The summed E-state index contributed by atoms with van der Waals surface area (Å²) in [6, 6.07) is 13.9. The van der Waals surface area contributed by atoms with Crippen LogP contribution in [0.15, 0.2) is 73.4 Å². The Balaban J connectivity index is 1.19. The average molecular weight is 636 g/mol. The number of ketones is 1. The van der Waals surface area contributed by atoms with Crippen LogP contribution in [0.1, 0.15) is 39.9 Å². The normalized spacial score (nSPS) is 14.2. The molecule has 0 radical (unpaired) electrons. The van der Waals surface area contributed by atoms with Gasteiger partial charge in [-0.3, -0.25) is 19.5 Å². The van der Waals surface area contributed by atoms with Crippen molar-refractivity contribution in [3.63, 3.8) is 0 Å². The lowest BCUT2D eigenvalue weighted by Gasteiger charge is -2.32. The van der Waals surface area contributed by atoms with Crippen LogP contribution in [0.25, 0.3) is 38.9 Å². The molecule has 5 aromatic heterocycles. The van der Waals surface area contributed by atoms with E-state index in [2.05, 4.69) is 24.4 Å². The number of amides is 1. The Labute approximate surface area is 267 Å². The van der Waals surface area contributed by atoms with Gasteiger partial charge in [0.05, 0.1) is 53.1 Å². The number of halogens is 1. The summed E-state index contributed by atoms with van der Waals surface area (Å²) in [4.78, 5) is 45.6. The van der Waals surface area contributed by atoms with Gasteiger partial charge >= 0.3 is 0 Å². The second-order valence-corrected chi connectivity index (χ2v) is 12.4. The molecule has 0 spiro atoms. The number of nitrogens with zero attached hydrogens (tertiary/aromatic N) is 8. The highest BCUT2D eigenvalue weighted by molar-refractivity contribution is 7.17. The molecule has 1 saturated heterocycles. The van der Waals surface area contributed by atoms with Gasteiger partial charge in [-0.15, -0.1) is 11.3 Å². The molecule has 13 heteroatoms. The number of Topliss-reactive ketones (excluding diaryl/α,β-unsaturated/α-hetero) is 1. The third-order valence-corrected chi connectivity index (χ3v) is 9.40. The highest BCUT2D eigenvalue weighted by atomic mass is 32.1. The van der Waals surface area contributed by atoms with Crippen LogP contribution in [0, 0.1) is 12.7 Å². The number of hydrogen-bond donors (Lipinski definition) is 1. The van der Waals surface area contributed by atoms with E-state index in [0.717, 1.165) is 47.8 Å². The number of likely N-dealkylation sites (tertiary alicyclic amines) is 1. The molecule has 0 atom stereocenters. The lowest BCUT2D eigenvalue weighted by Crippen LogP contribution is -2.40. The number of aryl methyl sites for hydroxylation is 1. The number of rotatable bonds is 9. The van der Waals surface area contributed by atoms with Crippen LogP contribution in [0.2, 0.25) is 0 Å². The van der Waals surface area contributed by atoms with Crippen LogP contribution < -0.4 is 5.73 Å². The van der Waals surface area contributed by atoms with Crippen molar-refractivity contribution in [1.29, 1.82) is 0 Å². The van der Waals surface area contributed by atoms with E-state index >= 15 is 0 Å². The molecule has 0 bridgehead atoms. The predicted molar refractivity (Wildman–Crippen MR) is 172 cm³/mol. The second-order valence-electron chi connectivity index (χ2n) is 11.4. The SMILES string of the molecule is Cc1nc(-c2cccnc2)sc1C(=O)Cc1cn2nc(-c3c(-c4ccc(F)cc4)ncn3C3CCN(CC(N)=O)CC3)ccc2n1. The molecule has 1 amide bonds. The predicted octanol–water partition coefficient (Wildman–Crippen LogP) is 4.77. The zero-order valence-corrected chi connectivity index (χ0v) is 25.8. The van der Waals surface area contributed by atoms with E-state index in [0.29, 0.717) is 33.3 Å². The molecule has 232 valence electrons. The molecule has 0 unspecified atom stereocenters. The minimum atomic E-state index is -0.337. The van der Waals surface area contributed by atoms with Gasteiger partial charge in [0, 0.05) is 42.7 Å². The highest BCUT2D eigenvalue weighted by Crippen LogP contribution is 2.35. The van der Waals surface area contributed by atoms with Crippen molar-refractivity contribution in [2.45, 2.75) is 32.2 Å². The summed E-state index contributed by atoms with van der Waals surface area (Å²) in [7, 11) is 0. The number of benzene rings is 1. The summed E-state index contributed by atoms with van der Waals surface area (Å²) >= 11 is 1.36. The van der Waals surface area contributed by atoms with Crippen molar-refractivity contribution < 1.29 is 14.0 Å². The van der Waals surface area contributed by atoms with Gasteiger partial charge in [-0.2, -0.15) is 5.10 Å². The summed E-state index contributed by atoms with van der Waals surface area (Å²) in [6.45, 7) is 3.53. The number of thiazole rings is 1. The maximum absolute atomic E-state index is 13.8. The Kier molecular flexibility index (Phi) is 7.93. The fourth-order valence-electron chi connectivity index (χ4n) is 5.94. The highest BCUT2D eigenvalue weighted by Gasteiger charge is 2.27. The molecule has 6 heterocycles. The third-order valence-electron chi connectivity index (χ3n) is 8.15. The first kappa shape index (κ1) is 29.6. The Hall–Kier alpha value is -5.14. The van der Waals surface area contributed by atoms with E-state index in [1.54, 1.807) is 35.2 Å². The van der Waals surface area contributed by atoms with E-state index in [4.69, 9.17) is 15.8 Å². The molecule has 1 aliphatic rings. The van der Waals surface area contributed by atoms with Gasteiger partial charge < -0.3 is 10.3 Å². The molecule has 0 aliphatic carbocycles. The number of imidazole rings is 2. The van der Waals surface area contributed by atoms with Gasteiger partial charge in [0.15, 0.2) is 11.4 Å². The van der Waals surface area contributed by atoms with E-state index in [1.807, 2.05) is 37.5 Å². The summed E-state index contributed by atoms with van der Waals surface area (Å²) in [6.07, 6.45) is 8.74. The Morgan fingerprint density at radius 3 is 2.59 bits per heavy atom. The number of carbonyl (C=O) groups excluding carboxylic acids is 2. The smallest absolute Gasteiger partial charge is 0.231 e. The van der Waals surface area contributed by atoms with Gasteiger partial charge in [0.2, 0.25) is 5.91 Å². The summed E-state index contributed by atoms with van der Waals surface area (Å²) < 4.78 is 17.6. The minimum absolute atomic E-state index is 0.0619. The second kappa shape index (κ2) is 12.3. The van der Waals surface area contributed by atoms with Crippen LogP contribution in [0.5, 0.6) is 0 Å². The van der Waals surface area contributed by atoms with Gasteiger partial charge in [-0.25, -0.2) is 23.9 Å². The molecule has 2 N–H and O–H groups in total. The maximum Gasteiger partial charge on any atom is 0.231 e. The van der Waals surface area contributed by atoms with Gasteiger partial charge in [-0.1, -0.05) is 0 Å². The van der Waals surface area contributed by atoms with Crippen LogP contribution in [-0.4, -0.2) is 70.3 Å². The van der Waals surface area contributed by atoms with E-state index in [-0.39, 0.29) is 36.5 Å². The lowest BCUT2D eigenvalue weighted by molar-refractivity contribution is -0.119. The first-order valence-corrected chi connectivity index (χ1v) is 15.7. The van der Waals surface area contributed by atoms with E-state index < -0.39 is 0 Å². The minimum Gasteiger partial charge on any atom is -0.369 e. The van der Waals surface area contributed by atoms with Crippen LogP contribution >= 0.6 is 11.3 Å². The number of carbonyl (C=O) groups is 2. The molecule has 1 aromatic carbocycles. The van der Waals surface area contributed by atoms with Gasteiger partial charge in [-0.05, 0) is 68.3 Å². The number of piperidine rings is 1. The number of nitrogens with two attached hydrogens (primary N) is 1. The summed E-state index contributed by atoms with van der Waals surface area (Å²) in [5.74, 6) is -0.725. The number of fused-ring (bicyclic) bond motifs is 1. The fourth-order valence-corrected chi connectivity index (χ4v) is 6.94. The molecular weight excluding hydrogens is 605 g/mol. The standard InChI is InChI=1S/C33H30FN9O2S/c1-20-32(46-33(38-20)22-3-2-12-36-16-22)27(44)15-24-17-43-29(39-24)9-8-26(40-43)31-30(21-4-6-23(34)7-5-21)37-19-42(31)25-10-13-41(14-11-25)18-28(35)45/h2-9,12,16-17,19,25H,10-11,13-15,18H2,1H3,(H2,35,45). The van der Waals surface area contributed by atoms with Crippen LogP contribution in [0.3, 0.4) is 0 Å². The molecule has 1 fully saturated rings. The largest absolute Gasteiger partial charge is 0.369 e. The molecule has 46 heavy (non-hydrogen) atoms. The Morgan fingerprint density at radius 1 is 1.04 bits per heavy atom. The maximum atomic E-state index is 13.8. The first-order valence-electron chi connectivity index (χ1n) is 14.9. The Bertz CT molecular complexity index is 2040.